The van der Waals surface area contributed by atoms with Crippen LogP contribution in [0.5, 0.6) is 5.75 Å². The lowest BCUT2D eigenvalue weighted by Crippen LogP contribution is -2.63. The number of nitrogens with zero attached hydrogens (tertiary/aromatic N) is 4. The largest absolute Gasteiger partial charge is 0.481 e. The summed E-state index contributed by atoms with van der Waals surface area (Å²) in [4.78, 5) is 125. The fourth-order valence-electron chi connectivity index (χ4n) is 11.2. The van der Waals surface area contributed by atoms with Gasteiger partial charge in [0.15, 0.2) is 12.1 Å². The van der Waals surface area contributed by atoms with Gasteiger partial charge in [-0.25, -0.2) is 9.78 Å². The number of aliphatic carboxylic acids is 2. The number of carbonyl (C=O) groups excluding carboxylic acids is 7. The maximum atomic E-state index is 15.0. The number of hydrogen-bond donors (Lipinski definition) is 9. The number of aromatic nitrogens is 1. The van der Waals surface area contributed by atoms with Crippen molar-refractivity contribution in [1.82, 2.24) is 30.7 Å². The maximum Gasteiger partial charge on any atom is 0.335 e. The number of amides is 7. The number of imide groups is 1. The molecule has 3 aliphatic rings. The number of ether oxygens (including phenoxy) is 3. The van der Waals surface area contributed by atoms with Crippen LogP contribution < -0.4 is 26.0 Å². The van der Waals surface area contributed by atoms with Gasteiger partial charge in [-0.15, -0.1) is 11.3 Å². The zero-order valence-electron chi connectivity index (χ0n) is 50.6. The smallest absolute Gasteiger partial charge is 0.335 e. The molecule has 2 aromatic carbocycles. The fourth-order valence-corrected chi connectivity index (χ4v) is 12.1. The Hall–Kier alpha value is -7.20. The lowest BCUT2D eigenvalue weighted by molar-refractivity contribution is -0.942. The number of hydrogen-bond acceptors (Lipinski definition) is 17. The van der Waals surface area contributed by atoms with Gasteiger partial charge in [0, 0.05) is 87.6 Å². The Balaban J connectivity index is 1.17. The Morgan fingerprint density at radius 1 is 0.874 bits per heavy atom. The average molecular weight is 1230 g/mol. The molecule has 0 saturated carbocycles. The first-order chi connectivity index (χ1) is 41.2. The minimum atomic E-state index is -2.00. The van der Waals surface area contributed by atoms with Crippen LogP contribution in [0.1, 0.15) is 126 Å². The van der Waals surface area contributed by atoms with E-state index in [2.05, 4.69) is 21.3 Å². The first-order valence-electron chi connectivity index (χ1n) is 29.6. The van der Waals surface area contributed by atoms with Gasteiger partial charge in [0.05, 0.1) is 25.2 Å². The maximum absolute atomic E-state index is 15.0. The van der Waals surface area contributed by atoms with Crippen molar-refractivity contribution >= 4 is 70.3 Å². The molecule has 3 aromatic rings. The third kappa shape index (κ3) is 18.4. The summed E-state index contributed by atoms with van der Waals surface area (Å²) in [5, 5.41) is 64.8. The highest BCUT2D eigenvalue weighted by atomic mass is 32.1. The monoisotopic (exact) mass is 1230 g/mol. The van der Waals surface area contributed by atoms with E-state index < -0.39 is 108 Å². The van der Waals surface area contributed by atoms with Crippen molar-refractivity contribution in [2.24, 2.45) is 17.8 Å². The summed E-state index contributed by atoms with van der Waals surface area (Å²) < 4.78 is 17.8. The van der Waals surface area contributed by atoms with Gasteiger partial charge in [-0.2, -0.15) is 0 Å². The number of quaternary nitrogens is 1. The number of rotatable bonds is 31. The zero-order valence-corrected chi connectivity index (χ0v) is 51.4. The van der Waals surface area contributed by atoms with Crippen molar-refractivity contribution < 1.29 is 87.4 Å². The second-order valence-electron chi connectivity index (χ2n) is 23.3. The minimum absolute atomic E-state index is 0.0140. The van der Waals surface area contributed by atoms with Crippen LogP contribution >= 0.6 is 11.3 Å². The predicted molar refractivity (Wildman–Crippen MR) is 317 cm³/mol. The van der Waals surface area contributed by atoms with Gasteiger partial charge in [-0.3, -0.25) is 43.3 Å². The van der Waals surface area contributed by atoms with Crippen LogP contribution in [0.3, 0.4) is 0 Å². The van der Waals surface area contributed by atoms with Gasteiger partial charge in [0.25, 0.3) is 23.6 Å². The summed E-state index contributed by atoms with van der Waals surface area (Å²) in [7, 11) is 3.64. The molecule has 13 atom stereocenters. The Bertz CT molecular complexity index is 2930. The lowest BCUT2D eigenvalue weighted by Gasteiger charge is -2.44. The van der Waals surface area contributed by atoms with Crippen molar-refractivity contribution in [2.45, 2.75) is 167 Å². The molecule has 0 aliphatic carbocycles. The van der Waals surface area contributed by atoms with Crippen LogP contribution in [0.15, 0.2) is 66.1 Å². The van der Waals surface area contributed by atoms with Crippen molar-refractivity contribution in [2.75, 3.05) is 45.7 Å². The predicted octanol–water partition coefficient (Wildman–Crippen LogP) is 3.31. The number of likely N-dealkylation sites (N-methyl/N-ethyl adjacent to an activating group) is 2. The van der Waals surface area contributed by atoms with Gasteiger partial charge >= 0.3 is 11.9 Å². The number of carbonyl (C=O) groups is 9. The van der Waals surface area contributed by atoms with Gasteiger partial charge in [0.2, 0.25) is 24.0 Å². The molecule has 87 heavy (non-hydrogen) atoms. The Labute approximate surface area is 510 Å². The van der Waals surface area contributed by atoms with Gasteiger partial charge in [0.1, 0.15) is 53.5 Å². The number of piperidine rings is 1. The van der Waals surface area contributed by atoms with Crippen molar-refractivity contribution in [3.05, 3.63) is 87.9 Å². The number of aliphatic hydroxyl groups excluding tert-OH is 3. The number of thiazole rings is 1. The van der Waals surface area contributed by atoms with E-state index in [0.29, 0.717) is 49.4 Å². The zero-order chi connectivity index (χ0) is 63.9. The van der Waals surface area contributed by atoms with E-state index in [-0.39, 0.29) is 84.2 Å². The van der Waals surface area contributed by atoms with Crippen LogP contribution in [-0.4, -0.2) is 193 Å². The summed E-state index contributed by atoms with van der Waals surface area (Å²) in [5.74, 6) is -7.18. The van der Waals surface area contributed by atoms with E-state index in [4.69, 9.17) is 19.2 Å². The van der Waals surface area contributed by atoms with Crippen LogP contribution in [-0.2, 0) is 60.8 Å². The summed E-state index contributed by atoms with van der Waals surface area (Å²) in [5.41, 5.74) is 1.71. The van der Waals surface area contributed by atoms with E-state index in [1.165, 1.54) is 17.4 Å². The molecule has 3 aliphatic heterocycles. The van der Waals surface area contributed by atoms with Crippen molar-refractivity contribution in [3.8, 4) is 5.75 Å². The number of benzene rings is 2. The fraction of sp³-hybridized carbons (Fsp3) is 0.574. The first-order valence-corrected chi connectivity index (χ1v) is 30.5. The van der Waals surface area contributed by atoms with Gasteiger partial charge in [-0.05, 0) is 68.2 Å². The molecule has 2 unspecified atom stereocenters. The molecule has 7 amide bonds. The molecule has 476 valence electrons. The van der Waals surface area contributed by atoms with Gasteiger partial charge < -0.3 is 70.4 Å². The number of carboxylic acids is 2. The molecule has 25 nitrogen and oxygen atoms in total. The summed E-state index contributed by atoms with van der Waals surface area (Å²) in [6.07, 6.45) is -5.21. The first kappa shape index (κ1) is 68.9. The van der Waals surface area contributed by atoms with E-state index in [0.717, 1.165) is 35.5 Å². The number of nitrogens with one attached hydrogen (secondary N) is 4. The number of carboxylic acid groups (broad SMARTS) is 2. The van der Waals surface area contributed by atoms with Gasteiger partial charge in [-0.1, -0.05) is 71.4 Å². The van der Waals surface area contributed by atoms with Crippen LogP contribution in [0.4, 0.5) is 5.69 Å². The lowest BCUT2D eigenvalue weighted by atomic mass is 9.92. The third-order valence-corrected chi connectivity index (χ3v) is 17.4. The summed E-state index contributed by atoms with van der Waals surface area (Å²) >= 11 is 1.25. The Kier molecular flexibility index (Phi) is 25.1. The molecular weight excluding hydrogens is 1150 g/mol. The Morgan fingerprint density at radius 2 is 1.57 bits per heavy atom. The molecule has 2 saturated heterocycles. The molecule has 0 bridgehead atoms. The average Bonchev–Trinajstić information content (AvgIpc) is 1.75. The van der Waals surface area contributed by atoms with Crippen LogP contribution in [0, 0.1) is 17.8 Å². The molecule has 6 rings (SSSR count). The molecule has 2 fully saturated rings. The van der Waals surface area contributed by atoms with E-state index in [1.807, 2.05) is 72.0 Å². The summed E-state index contributed by atoms with van der Waals surface area (Å²) in [6.45, 7) is 12.0. The quantitative estimate of drug-likeness (QED) is 0.0330. The third-order valence-electron chi connectivity index (χ3n) is 16.5. The van der Waals surface area contributed by atoms with Crippen molar-refractivity contribution in [3.63, 3.8) is 0 Å². The second kappa shape index (κ2) is 31.6. The number of likely N-dealkylation sites (tertiary alicyclic amines) is 1. The topological polar surface area (TPSA) is 350 Å². The molecule has 9 N–H and O–H groups in total. The molecule has 0 radical (unpaired) electrons. The van der Waals surface area contributed by atoms with E-state index in [1.54, 1.807) is 36.4 Å². The SMILES string of the molecule is CCO[C@H](C[C@H](C(C)C)N(C)C(=O)[C@@H](NC(=O)[C@H]1CCCC[N+]1(C)Cc1ccc(OC2O[C@H](C(=O)O)[C@@H](O)[C@H](O)[C@H]2O)c(NC(=O)CCNC(=O)CCN2C(=O)C=CC2=O)c1)[C@@H](C)CC)c1nc(C(=O)N[C@@H](Cc2ccccc2)C[C@H](C)C(=O)O)cs1. The van der Waals surface area contributed by atoms with Crippen LogP contribution in [0.25, 0.3) is 0 Å². The normalized spacial score (nSPS) is 23.2. The summed E-state index contributed by atoms with van der Waals surface area (Å²) in [6, 6.07) is 11.6. The molecule has 4 heterocycles. The highest BCUT2D eigenvalue weighted by Gasteiger charge is 2.49. The molecule has 1 aromatic heterocycles. The minimum Gasteiger partial charge on any atom is -0.481 e. The molecule has 26 heteroatoms. The standard InChI is InChI=1S/C61H84N8O17S/c1-9-35(5)50(58(79)67(7)42(34(3)4)31-45(84-10-2)57-65-41(33-87-57)55(77)63-39(28-36(6)59(80)81)29-37-16-12-11-13-17-37)66-56(78)43-18-14-15-27-69(43,8)32-38-19-20-44(85-61-53(76)51(74)52(75)54(86-61)60(82)83)40(30-38)64-47(71)23-25-62-46(70)24-26-68-48(72)21-22-49(68)73/h11-13,16-17,19-22,30,33-36,39,42-43,45,50-54,61,74-76H,9-10,14-15,18,23-29,31-32H2,1-8H3,(H5-,62,63,64,66,70,71,77,78,80,81,82,83)/p+1/t35-,36-,39+,42+,43+,45+,50-,51-,52-,53+,54-,61?,69?/m0/s1. The van der Waals surface area contributed by atoms with Crippen molar-refractivity contribution in [1.29, 1.82) is 0 Å². The van der Waals surface area contributed by atoms with E-state index in [9.17, 15) is 68.7 Å². The molecule has 0 spiro atoms. The van der Waals surface area contributed by atoms with E-state index >= 15 is 0 Å². The number of anilines is 1. The highest BCUT2D eigenvalue weighted by Crippen LogP contribution is 2.35. The second-order valence-corrected chi connectivity index (χ2v) is 24.2. The highest BCUT2D eigenvalue weighted by molar-refractivity contribution is 7.09. The van der Waals surface area contributed by atoms with Crippen LogP contribution in [0.2, 0.25) is 0 Å². The molecular formula is C61H85N8O17S+. The number of aliphatic hydroxyl groups is 3. The Morgan fingerprint density at radius 3 is 2.22 bits per heavy atom.